The summed E-state index contributed by atoms with van der Waals surface area (Å²) in [5.74, 6) is 2.36. The Morgan fingerprint density at radius 3 is 2.84 bits per heavy atom. The molecule has 0 spiro atoms. The molecule has 0 aliphatic heterocycles. The van der Waals surface area contributed by atoms with Gasteiger partial charge in [0, 0.05) is 24.2 Å². The number of anilines is 2. The van der Waals surface area contributed by atoms with E-state index >= 15 is 0 Å². The molecule has 0 bridgehead atoms. The fourth-order valence-electron chi connectivity index (χ4n) is 1.93. The Morgan fingerprint density at radius 2 is 2.11 bits per heavy atom. The van der Waals surface area contributed by atoms with Crippen LogP contribution in [0.2, 0.25) is 5.15 Å². The third-order valence-corrected chi connectivity index (χ3v) is 3.22. The van der Waals surface area contributed by atoms with Crippen LogP contribution in [-0.2, 0) is 6.42 Å². The summed E-state index contributed by atoms with van der Waals surface area (Å²) in [4.78, 5) is 8.69. The fourth-order valence-corrected chi connectivity index (χ4v) is 2.13. The van der Waals surface area contributed by atoms with E-state index in [-0.39, 0.29) is 5.75 Å². The van der Waals surface area contributed by atoms with Crippen molar-refractivity contribution >= 4 is 23.1 Å². The zero-order chi connectivity index (χ0) is 13.2. The second-order valence-electron chi connectivity index (χ2n) is 4.81. The molecular formula is C14H14ClN3O. The number of benzene rings is 1. The first-order valence-electron chi connectivity index (χ1n) is 6.28. The molecular weight excluding hydrogens is 262 g/mol. The van der Waals surface area contributed by atoms with Crippen LogP contribution >= 0.6 is 11.6 Å². The van der Waals surface area contributed by atoms with Gasteiger partial charge in [-0.05, 0) is 30.9 Å². The number of nitrogens with one attached hydrogen (secondary N) is 1. The molecule has 0 unspecified atom stereocenters. The highest BCUT2D eigenvalue weighted by molar-refractivity contribution is 6.29. The van der Waals surface area contributed by atoms with E-state index in [0.29, 0.717) is 16.9 Å². The highest BCUT2D eigenvalue weighted by atomic mass is 35.5. The lowest BCUT2D eigenvalue weighted by molar-refractivity contribution is 0.475. The molecule has 1 fully saturated rings. The van der Waals surface area contributed by atoms with Crippen molar-refractivity contribution in [2.45, 2.75) is 19.3 Å². The topological polar surface area (TPSA) is 58.0 Å². The molecule has 0 atom stereocenters. The van der Waals surface area contributed by atoms with Crippen LogP contribution < -0.4 is 5.32 Å². The van der Waals surface area contributed by atoms with Crippen LogP contribution in [0.4, 0.5) is 11.5 Å². The Bertz CT molecular complexity index is 599. The van der Waals surface area contributed by atoms with Gasteiger partial charge in [0.25, 0.3) is 0 Å². The van der Waals surface area contributed by atoms with Gasteiger partial charge >= 0.3 is 0 Å². The minimum Gasteiger partial charge on any atom is -0.508 e. The van der Waals surface area contributed by atoms with Crippen molar-refractivity contribution in [1.29, 1.82) is 0 Å². The fraction of sp³-hybridized carbons (Fsp3) is 0.286. The Kier molecular flexibility index (Phi) is 3.25. The predicted molar refractivity (Wildman–Crippen MR) is 74.9 cm³/mol. The molecule has 1 aromatic carbocycles. The summed E-state index contributed by atoms with van der Waals surface area (Å²) >= 11 is 6.01. The first-order chi connectivity index (χ1) is 9.19. The molecule has 0 amide bonds. The summed E-state index contributed by atoms with van der Waals surface area (Å²) in [6, 6.07) is 8.57. The van der Waals surface area contributed by atoms with Crippen LogP contribution in [0.25, 0.3) is 0 Å². The van der Waals surface area contributed by atoms with E-state index in [9.17, 15) is 5.11 Å². The third kappa shape index (κ3) is 3.35. The Labute approximate surface area is 116 Å². The van der Waals surface area contributed by atoms with E-state index in [2.05, 4.69) is 15.3 Å². The van der Waals surface area contributed by atoms with Crippen LogP contribution in [0.1, 0.15) is 18.7 Å². The van der Waals surface area contributed by atoms with E-state index < -0.39 is 0 Å². The molecule has 98 valence electrons. The number of nitrogens with zero attached hydrogens (tertiary/aromatic N) is 2. The van der Waals surface area contributed by atoms with Crippen molar-refractivity contribution in [3.63, 3.8) is 0 Å². The summed E-state index contributed by atoms with van der Waals surface area (Å²) in [7, 11) is 0. The number of aromatic nitrogens is 2. The SMILES string of the molecule is Oc1cccc(Nc2cc(Cl)nc(CC3CC3)n2)c1. The lowest BCUT2D eigenvalue weighted by atomic mass is 10.3. The van der Waals surface area contributed by atoms with Crippen molar-refractivity contribution in [3.05, 3.63) is 41.3 Å². The molecule has 5 heteroatoms. The standard InChI is InChI=1S/C14H14ClN3O/c15-12-8-14(16-10-2-1-3-11(19)7-10)18-13(17-12)6-9-4-5-9/h1-3,7-9,19H,4-6H2,(H,16,17,18). The highest BCUT2D eigenvalue weighted by Gasteiger charge is 2.23. The molecule has 2 N–H and O–H groups in total. The number of rotatable bonds is 4. The van der Waals surface area contributed by atoms with E-state index in [1.54, 1.807) is 24.3 Å². The van der Waals surface area contributed by atoms with Gasteiger partial charge in [0.2, 0.25) is 0 Å². The van der Waals surface area contributed by atoms with Crippen molar-refractivity contribution in [2.75, 3.05) is 5.32 Å². The van der Waals surface area contributed by atoms with E-state index in [1.807, 2.05) is 6.07 Å². The first kappa shape index (κ1) is 12.2. The van der Waals surface area contributed by atoms with Crippen LogP contribution in [0.15, 0.2) is 30.3 Å². The van der Waals surface area contributed by atoms with E-state index in [0.717, 1.165) is 17.9 Å². The van der Waals surface area contributed by atoms with Crippen LogP contribution in [0.5, 0.6) is 5.75 Å². The maximum atomic E-state index is 9.43. The summed E-state index contributed by atoms with van der Waals surface area (Å²) in [6.45, 7) is 0. The average molecular weight is 276 g/mol. The Morgan fingerprint density at radius 1 is 1.26 bits per heavy atom. The molecule has 2 aromatic rings. The lowest BCUT2D eigenvalue weighted by Gasteiger charge is -2.08. The molecule has 1 heterocycles. The van der Waals surface area contributed by atoms with Crippen LogP contribution in [0, 0.1) is 5.92 Å². The van der Waals surface area contributed by atoms with Gasteiger partial charge < -0.3 is 10.4 Å². The first-order valence-corrected chi connectivity index (χ1v) is 6.66. The normalized spacial score (nSPS) is 14.4. The van der Waals surface area contributed by atoms with Crippen molar-refractivity contribution in [1.82, 2.24) is 9.97 Å². The van der Waals surface area contributed by atoms with E-state index in [4.69, 9.17) is 11.6 Å². The van der Waals surface area contributed by atoms with Gasteiger partial charge in [-0.15, -0.1) is 0 Å². The molecule has 1 saturated carbocycles. The molecule has 19 heavy (non-hydrogen) atoms. The maximum Gasteiger partial charge on any atom is 0.135 e. The number of phenols is 1. The third-order valence-electron chi connectivity index (χ3n) is 3.03. The summed E-state index contributed by atoms with van der Waals surface area (Å²) in [5.41, 5.74) is 0.770. The molecule has 1 aromatic heterocycles. The Hall–Kier alpha value is -1.81. The number of aromatic hydroxyl groups is 1. The van der Waals surface area contributed by atoms with Gasteiger partial charge in [-0.25, -0.2) is 9.97 Å². The quantitative estimate of drug-likeness (QED) is 0.838. The molecule has 3 rings (SSSR count). The molecule has 1 aliphatic rings. The van der Waals surface area contributed by atoms with Crippen molar-refractivity contribution < 1.29 is 5.11 Å². The van der Waals surface area contributed by atoms with Gasteiger partial charge in [0.15, 0.2) is 0 Å². The second-order valence-corrected chi connectivity index (χ2v) is 5.20. The monoisotopic (exact) mass is 275 g/mol. The minimum absolute atomic E-state index is 0.211. The lowest BCUT2D eigenvalue weighted by Crippen LogP contribution is -2.01. The highest BCUT2D eigenvalue weighted by Crippen LogP contribution is 2.32. The smallest absolute Gasteiger partial charge is 0.135 e. The Balaban J connectivity index is 1.81. The zero-order valence-electron chi connectivity index (χ0n) is 10.3. The summed E-state index contributed by atoms with van der Waals surface area (Å²) < 4.78 is 0. The van der Waals surface area contributed by atoms with E-state index in [1.165, 1.54) is 12.8 Å². The van der Waals surface area contributed by atoms with Crippen molar-refractivity contribution in [2.24, 2.45) is 5.92 Å². The summed E-state index contributed by atoms with van der Waals surface area (Å²) in [5, 5.41) is 13.0. The van der Waals surface area contributed by atoms with Crippen LogP contribution in [0.3, 0.4) is 0 Å². The zero-order valence-corrected chi connectivity index (χ0v) is 11.1. The molecule has 0 saturated heterocycles. The predicted octanol–water partition coefficient (Wildman–Crippen LogP) is 3.53. The number of phenolic OH excluding ortho intramolecular Hbond substituents is 1. The average Bonchev–Trinajstić information content (AvgIpc) is 3.12. The summed E-state index contributed by atoms with van der Waals surface area (Å²) in [6.07, 6.45) is 3.39. The second kappa shape index (κ2) is 5.05. The minimum atomic E-state index is 0.211. The molecule has 4 nitrogen and oxygen atoms in total. The van der Waals surface area contributed by atoms with Gasteiger partial charge in [0.05, 0.1) is 0 Å². The number of hydrogen-bond donors (Lipinski definition) is 2. The van der Waals surface area contributed by atoms with Crippen molar-refractivity contribution in [3.8, 4) is 5.75 Å². The van der Waals surface area contributed by atoms with Crippen LogP contribution in [-0.4, -0.2) is 15.1 Å². The largest absolute Gasteiger partial charge is 0.508 e. The van der Waals surface area contributed by atoms with Gasteiger partial charge in [0.1, 0.15) is 22.5 Å². The van der Waals surface area contributed by atoms with Gasteiger partial charge in [-0.2, -0.15) is 0 Å². The molecule has 0 radical (unpaired) electrons. The number of halogens is 1. The van der Waals surface area contributed by atoms with Gasteiger partial charge in [-0.1, -0.05) is 17.7 Å². The number of hydrogen-bond acceptors (Lipinski definition) is 4. The molecule has 1 aliphatic carbocycles. The van der Waals surface area contributed by atoms with Gasteiger partial charge in [-0.3, -0.25) is 0 Å². The maximum absolute atomic E-state index is 9.43.